The summed E-state index contributed by atoms with van der Waals surface area (Å²) >= 11 is 0. The first-order valence-corrected chi connectivity index (χ1v) is 19.3. The first kappa shape index (κ1) is 31.8. The van der Waals surface area contributed by atoms with Gasteiger partial charge >= 0.3 is 0 Å². The number of fused-ring (bicyclic) bond motifs is 12. The predicted molar refractivity (Wildman–Crippen MR) is 231 cm³/mol. The van der Waals surface area contributed by atoms with Gasteiger partial charge in [0.05, 0.1) is 5.41 Å². The Balaban J connectivity index is 1.10. The van der Waals surface area contributed by atoms with E-state index in [-0.39, 0.29) is 10.8 Å². The van der Waals surface area contributed by atoms with Crippen LogP contribution in [0.1, 0.15) is 47.2 Å². The number of hydrogen-bond donors (Lipinski definition) is 0. The predicted octanol–water partition coefficient (Wildman–Crippen LogP) is 14.1. The summed E-state index contributed by atoms with van der Waals surface area (Å²) in [6, 6.07) is 74.4. The Labute approximate surface area is 322 Å². The van der Waals surface area contributed by atoms with E-state index in [1.165, 1.54) is 77.2 Å². The van der Waals surface area contributed by atoms with E-state index >= 15 is 0 Å². The number of rotatable bonds is 4. The van der Waals surface area contributed by atoms with Crippen molar-refractivity contribution >= 4 is 38.6 Å². The zero-order valence-corrected chi connectivity index (χ0v) is 31.0. The number of benzene rings is 9. The van der Waals surface area contributed by atoms with E-state index in [1.807, 2.05) is 0 Å². The van der Waals surface area contributed by atoms with Crippen LogP contribution in [-0.2, 0) is 10.8 Å². The highest BCUT2D eigenvalue weighted by atomic mass is 15.1. The van der Waals surface area contributed by atoms with Crippen LogP contribution in [0.15, 0.2) is 200 Å². The van der Waals surface area contributed by atoms with E-state index in [4.69, 9.17) is 0 Å². The monoisotopic (exact) mass is 701 g/mol. The van der Waals surface area contributed by atoms with Crippen molar-refractivity contribution in [1.29, 1.82) is 0 Å². The maximum absolute atomic E-state index is 2.49. The molecule has 11 rings (SSSR count). The van der Waals surface area contributed by atoms with Crippen LogP contribution in [0.4, 0.5) is 17.1 Å². The third-order valence-electron chi connectivity index (χ3n) is 12.5. The van der Waals surface area contributed by atoms with Crippen molar-refractivity contribution in [3.8, 4) is 22.3 Å². The van der Waals surface area contributed by atoms with Crippen LogP contribution >= 0.6 is 0 Å². The molecule has 9 aromatic carbocycles. The summed E-state index contributed by atoms with van der Waals surface area (Å²) in [4.78, 5) is 2.39. The van der Waals surface area contributed by atoms with Gasteiger partial charge in [-0.1, -0.05) is 172 Å². The van der Waals surface area contributed by atoms with Crippen molar-refractivity contribution < 1.29 is 0 Å². The van der Waals surface area contributed by atoms with E-state index in [9.17, 15) is 0 Å². The molecule has 2 aliphatic carbocycles. The molecule has 0 N–H and O–H groups in total. The summed E-state index contributed by atoms with van der Waals surface area (Å²) in [6.07, 6.45) is 0. The molecular weight excluding hydrogens is 663 g/mol. The van der Waals surface area contributed by atoms with Gasteiger partial charge in [0.15, 0.2) is 0 Å². The minimum absolute atomic E-state index is 0.207. The van der Waals surface area contributed by atoms with Crippen LogP contribution in [0.3, 0.4) is 0 Å². The molecule has 0 aliphatic heterocycles. The highest BCUT2D eigenvalue weighted by Gasteiger charge is 2.53. The highest BCUT2D eigenvalue weighted by Crippen LogP contribution is 2.62. The largest absolute Gasteiger partial charge is 0.310 e. The first-order valence-electron chi connectivity index (χ1n) is 19.3. The minimum Gasteiger partial charge on any atom is -0.310 e. The van der Waals surface area contributed by atoms with Gasteiger partial charge in [-0.2, -0.15) is 0 Å². The highest BCUT2D eigenvalue weighted by molar-refractivity contribution is 6.09. The lowest BCUT2D eigenvalue weighted by atomic mass is 9.55. The van der Waals surface area contributed by atoms with Crippen molar-refractivity contribution in [2.24, 2.45) is 0 Å². The molecule has 0 saturated carbocycles. The second-order valence-electron chi connectivity index (χ2n) is 15.7. The van der Waals surface area contributed by atoms with Gasteiger partial charge in [0, 0.05) is 22.5 Å². The van der Waals surface area contributed by atoms with Gasteiger partial charge in [0.1, 0.15) is 0 Å². The summed E-state index contributed by atoms with van der Waals surface area (Å²) < 4.78 is 0. The van der Waals surface area contributed by atoms with Gasteiger partial charge in [-0.25, -0.2) is 0 Å². The van der Waals surface area contributed by atoms with Crippen molar-refractivity contribution in [1.82, 2.24) is 0 Å². The van der Waals surface area contributed by atoms with E-state index in [1.54, 1.807) is 0 Å². The number of anilines is 3. The summed E-state index contributed by atoms with van der Waals surface area (Å²) in [6.45, 7) is 4.82. The fourth-order valence-electron chi connectivity index (χ4n) is 10.0. The van der Waals surface area contributed by atoms with Crippen LogP contribution in [0.25, 0.3) is 43.8 Å². The molecule has 260 valence electrons. The number of hydrogen-bond acceptors (Lipinski definition) is 1. The topological polar surface area (TPSA) is 3.24 Å². The number of nitrogens with zero attached hydrogens (tertiary/aromatic N) is 1. The lowest BCUT2D eigenvalue weighted by Gasteiger charge is -2.46. The maximum Gasteiger partial charge on any atom is 0.0719 e. The fourth-order valence-corrected chi connectivity index (χ4v) is 10.0. The SMILES string of the molecule is CC1(C)c2ccccc2C2(c3ccccc3-c3ccccc32)c2ccc(-c3cccc(N(c4ccccc4)c4ccc5ccc6ccccc6c5c4)c3)cc21. The first-order chi connectivity index (χ1) is 27.0. The molecule has 0 fully saturated rings. The van der Waals surface area contributed by atoms with Crippen molar-refractivity contribution in [2.45, 2.75) is 24.7 Å². The lowest BCUT2D eigenvalue weighted by Crippen LogP contribution is -2.40. The van der Waals surface area contributed by atoms with Crippen molar-refractivity contribution in [3.63, 3.8) is 0 Å². The second-order valence-corrected chi connectivity index (χ2v) is 15.7. The third kappa shape index (κ3) is 4.53. The van der Waals surface area contributed by atoms with Crippen molar-refractivity contribution in [3.05, 3.63) is 234 Å². The van der Waals surface area contributed by atoms with Gasteiger partial charge in [0.2, 0.25) is 0 Å². The van der Waals surface area contributed by atoms with Gasteiger partial charge in [-0.05, 0) is 120 Å². The van der Waals surface area contributed by atoms with Gasteiger partial charge in [0.25, 0.3) is 0 Å². The van der Waals surface area contributed by atoms with Crippen LogP contribution in [-0.4, -0.2) is 0 Å². The molecule has 0 atom stereocenters. The molecule has 0 saturated heterocycles. The Morgan fingerprint density at radius 3 is 1.64 bits per heavy atom. The normalized spacial score (nSPS) is 14.3. The lowest BCUT2D eigenvalue weighted by molar-refractivity contribution is 0.563. The molecule has 0 unspecified atom stereocenters. The summed E-state index contributed by atoms with van der Waals surface area (Å²) in [7, 11) is 0. The summed E-state index contributed by atoms with van der Waals surface area (Å²) in [5, 5.41) is 5.03. The quantitative estimate of drug-likeness (QED) is 0.165. The average Bonchev–Trinajstić information content (AvgIpc) is 3.54. The van der Waals surface area contributed by atoms with E-state index in [2.05, 4.69) is 219 Å². The Hall–Kier alpha value is -6.70. The van der Waals surface area contributed by atoms with E-state index < -0.39 is 0 Å². The molecule has 0 amide bonds. The molecule has 2 aliphatic rings. The smallest absolute Gasteiger partial charge is 0.0719 e. The maximum atomic E-state index is 2.49. The van der Waals surface area contributed by atoms with Gasteiger partial charge in [-0.15, -0.1) is 0 Å². The zero-order chi connectivity index (χ0) is 36.7. The summed E-state index contributed by atoms with van der Waals surface area (Å²) in [5.41, 5.74) is 16.2. The van der Waals surface area contributed by atoms with Gasteiger partial charge in [-0.3, -0.25) is 0 Å². The second kappa shape index (κ2) is 11.9. The Morgan fingerprint density at radius 2 is 0.873 bits per heavy atom. The molecular formula is C54H39N. The molecule has 0 heterocycles. The standard InChI is InChI=1S/C54H39N/c1-53(2)49-25-12-13-26-50(49)54(47-23-10-8-21-44(47)45-22-9-11-24-48(45)54)51-32-30-39(34-52(51)53)38-16-14-19-41(33-38)55(40-17-4-3-5-18-40)42-31-29-37-28-27-36-15-6-7-20-43(36)46(37)35-42/h3-35H,1-2H3. The molecule has 1 heteroatoms. The Bertz CT molecular complexity index is 2920. The van der Waals surface area contributed by atoms with Crippen molar-refractivity contribution in [2.75, 3.05) is 4.90 Å². The average molecular weight is 702 g/mol. The Morgan fingerprint density at radius 1 is 0.327 bits per heavy atom. The van der Waals surface area contributed by atoms with E-state index in [0.717, 1.165) is 17.1 Å². The van der Waals surface area contributed by atoms with Crippen LogP contribution in [0, 0.1) is 0 Å². The Kier molecular flexibility index (Phi) is 6.88. The molecule has 0 bridgehead atoms. The molecule has 0 aromatic heterocycles. The molecule has 9 aromatic rings. The molecule has 1 nitrogen and oxygen atoms in total. The van der Waals surface area contributed by atoms with Crippen LogP contribution in [0.2, 0.25) is 0 Å². The molecule has 1 spiro atoms. The van der Waals surface area contributed by atoms with Gasteiger partial charge < -0.3 is 4.90 Å². The third-order valence-corrected chi connectivity index (χ3v) is 12.5. The number of para-hydroxylation sites is 1. The zero-order valence-electron chi connectivity index (χ0n) is 31.0. The fraction of sp³-hybridized carbons (Fsp3) is 0.0741. The molecule has 55 heavy (non-hydrogen) atoms. The van der Waals surface area contributed by atoms with Crippen LogP contribution in [0.5, 0.6) is 0 Å². The van der Waals surface area contributed by atoms with E-state index in [0.29, 0.717) is 0 Å². The molecule has 0 radical (unpaired) electrons. The summed E-state index contributed by atoms with van der Waals surface area (Å²) in [5.74, 6) is 0. The van der Waals surface area contributed by atoms with Crippen LogP contribution < -0.4 is 4.90 Å². The minimum atomic E-state index is -0.390.